The summed E-state index contributed by atoms with van der Waals surface area (Å²) >= 11 is 0. The molecule has 4 bridgehead atoms. The Morgan fingerprint density at radius 2 is 1.86 bits per heavy atom. The summed E-state index contributed by atoms with van der Waals surface area (Å²) in [7, 11) is 0. The van der Waals surface area contributed by atoms with Gasteiger partial charge in [0.2, 0.25) is 5.91 Å². The molecule has 2 aromatic heterocycles. The highest BCUT2D eigenvalue weighted by atomic mass is 16.3. The number of carbonyl (C=O) groups excluding carboxylic acids is 3. The van der Waals surface area contributed by atoms with Crippen molar-refractivity contribution in [3.05, 3.63) is 17.8 Å². The van der Waals surface area contributed by atoms with E-state index in [1.54, 1.807) is 0 Å². The fraction of sp³-hybridized carbons (Fsp3) is 0.615. The SMILES string of the molecule is NC(=O)C1CCN(C(=O)C(=O)Nc2nn(C3[C@@H]4CC5C[C@H]3CC(O)(C5)C4)c3c2CNc2[nH]ccc2-3)CC1. The Morgan fingerprint density at radius 1 is 1.14 bits per heavy atom. The Labute approximate surface area is 214 Å². The van der Waals surface area contributed by atoms with Crippen molar-refractivity contribution in [3.8, 4) is 11.3 Å². The van der Waals surface area contributed by atoms with Crippen LogP contribution in [0.4, 0.5) is 11.6 Å². The number of aromatic amines is 1. The molecule has 0 spiro atoms. The van der Waals surface area contributed by atoms with E-state index in [0.717, 1.165) is 54.7 Å². The Morgan fingerprint density at radius 3 is 2.54 bits per heavy atom. The number of piperidine rings is 1. The summed E-state index contributed by atoms with van der Waals surface area (Å²) in [6, 6.07) is 2.17. The normalized spacial score (nSPS) is 32.0. The van der Waals surface area contributed by atoms with Crippen molar-refractivity contribution in [3.63, 3.8) is 0 Å². The number of primary amides is 1. The van der Waals surface area contributed by atoms with Crippen LogP contribution in [0.3, 0.4) is 0 Å². The third-order valence-corrected chi connectivity index (χ3v) is 9.54. The largest absolute Gasteiger partial charge is 0.390 e. The smallest absolute Gasteiger partial charge is 0.315 e. The van der Waals surface area contributed by atoms with E-state index in [2.05, 4.69) is 20.3 Å². The number of aliphatic hydroxyl groups is 1. The van der Waals surface area contributed by atoms with Gasteiger partial charge < -0.3 is 31.4 Å². The number of carbonyl (C=O) groups is 3. The summed E-state index contributed by atoms with van der Waals surface area (Å²) < 4.78 is 2.09. The molecule has 3 unspecified atom stereocenters. The number of nitrogens with zero attached hydrogens (tertiary/aromatic N) is 3. The van der Waals surface area contributed by atoms with Gasteiger partial charge in [0.25, 0.3) is 0 Å². The molecule has 5 atom stereocenters. The standard InChI is InChI=1S/C26H33N7O4/c27-21(34)14-2-5-32(6-3-14)25(36)24(35)30-23-18-12-29-22-17(1-4-28-22)20(18)33(31-23)19-15-7-13-8-16(19)11-26(37,9-13)10-15/h1,4,13-16,19,28-29,37H,2-3,5-12H2,(H2,27,34)(H,30,31,35)/t13?,15-,16+,19?,26?. The summed E-state index contributed by atoms with van der Waals surface area (Å²) in [5, 5.41) is 22.3. The van der Waals surface area contributed by atoms with Crippen molar-refractivity contribution in [2.75, 3.05) is 23.7 Å². The molecule has 11 heteroatoms. The van der Waals surface area contributed by atoms with E-state index in [0.29, 0.717) is 56.0 Å². The Bertz CT molecular complexity index is 1270. The number of hydrogen-bond acceptors (Lipinski definition) is 6. The van der Waals surface area contributed by atoms with Gasteiger partial charge in [0.1, 0.15) is 5.82 Å². The van der Waals surface area contributed by atoms with Gasteiger partial charge in [0.15, 0.2) is 5.82 Å². The van der Waals surface area contributed by atoms with Crippen LogP contribution >= 0.6 is 0 Å². The maximum atomic E-state index is 13.1. The van der Waals surface area contributed by atoms with Crippen LogP contribution in [0.25, 0.3) is 11.3 Å². The minimum atomic E-state index is -0.718. The molecule has 6 aliphatic rings. The summed E-state index contributed by atoms with van der Waals surface area (Å²) in [6.45, 7) is 1.14. The van der Waals surface area contributed by atoms with E-state index in [4.69, 9.17) is 10.8 Å². The van der Waals surface area contributed by atoms with Crippen molar-refractivity contribution >= 4 is 29.4 Å². The second-order valence-corrected chi connectivity index (χ2v) is 11.8. The van der Waals surface area contributed by atoms with E-state index in [-0.39, 0.29) is 17.9 Å². The topological polar surface area (TPSA) is 158 Å². The van der Waals surface area contributed by atoms with Gasteiger partial charge in [-0.3, -0.25) is 19.1 Å². The van der Waals surface area contributed by atoms with Crippen molar-refractivity contribution in [1.29, 1.82) is 0 Å². The van der Waals surface area contributed by atoms with Crippen LogP contribution < -0.4 is 16.4 Å². The van der Waals surface area contributed by atoms with Gasteiger partial charge in [-0.1, -0.05) is 0 Å². The van der Waals surface area contributed by atoms with E-state index in [1.165, 1.54) is 4.90 Å². The first-order valence-electron chi connectivity index (χ1n) is 13.4. The molecule has 4 aliphatic carbocycles. The third kappa shape index (κ3) is 3.58. The molecule has 8 rings (SSSR count). The second kappa shape index (κ2) is 8.08. The number of amides is 3. The molecule has 6 N–H and O–H groups in total. The summed E-state index contributed by atoms with van der Waals surface area (Å²) in [6.07, 6.45) is 7.51. The predicted molar refractivity (Wildman–Crippen MR) is 134 cm³/mol. The molecule has 2 aromatic rings. The quantitative estimate of drug-likeness (QED) is 0.397. The fourth-order valence-electron chi connectivity index (χ4n) is 8.15. The zero-order chi connectivity index (χ0) is 25.5. The van der Waals surface area contributed by atoms with Crippen LogP contribution in [0, 0.1) is 23.7 Å². The average Bonchev–Trinajstić information content (AvgIpc) is 3.47. The van der Waals surface area contributed by atoms with E-state index >= 15 is 0 Å². The Balaban J connectivity index is 1.19. The number of H-pyrrole nitrogens is 1. The molecule has 0 aromatic carbocycles. The molecule has 1 saturated heterocycles. The molecular formula is C26H33N7O4. The van der Waals surface area contributed by atoms with E-state index in [1.807, 2.05) is 12.3 Å². The van der Waals surface area contributed by atoms with Crippen molar-refractivity contribution in [2.24, 2.45) is 29.4 Å². The van der Waals surface area contributed by atoms with Gasteiger partial charge in [-0.15, -0.1) is 0 Å². The van der Waals surface area contributed by atoms with Crippen molar-refractivity contribution in [1.82, 2.24) is 19.7 Å². The summed E-state index contributed by atoms with van der Waals surface area (Å²) in [4.78, 5) is 42.2. The predicted octanol–water partition coefficient (Wildman–Crippen LogP) is 1.58. The molecule has 5 fully saturated rings. The molecule has 3 amide bonds. The molecule has 4 heterocycles. The number of anilines is 2. The number of hydrogen-bond donors (Lipinski definition) is 5. The lowest BCUT2D eigenvalue weighted by Gasteiger charge is -2.58. The molecule has 0 radical (unpaired) electrons. The number of aromatic nitrogens is 3. The van der Waals surface area contributed by atoms with Gasteiger partial charge in [0.05, 0.1) is 17.3 Å². The number of fused-ring (bicyclic) bond motifs is 3. The van der Waals surface area contributed by atoms with Gasteiger partial charge in [0, 0.05) is 42.9 Å². The van der Waals surface area contributed by atoms with Gasteiger partial charge in [-0.25, -0.2) is 0 Å². The molecule has 37 heavy (non-hydrogen) atoms. The van der Waals surface area contributed by atoms with Crippen LogP contribution in [0.5, 0.6) is 0 Å². The summed E-state index contributed by atoms with van der Waals surface area (Å²) in [5.41, 5.74) is 7.70. The van der Waals surface area contributed by atoms with Crippen LogP contribution in [-0.4, -0.2) is 61.2 Å². The monoisotopic (exact) mass is 507 g/mol. The lowest BCUT2D eigenvalue weighted by molar-refractivity contribution is -0.148. The molecular weight excluding hydrogens is 474 g/mol. The van der Waals surface area contributed by atoms with Gasteiger partial charge >= 0.3 is 11.8 Å². The second-order valence-electron chi connectivity index (χ2n) is 11.8. The zero-order valence-corrected chi connectivity index (χ0v) is 20.7. The number of likely N-dealkylation sites (tertiary alicyclic amines) is 1. The maximum absolute atomic E-state index is 13.1. The number of rotatable bonds is 3. The van der Waals surface area contributed by atoms with Gasteiger partial charge in [-0.2, -0.15) is 5.10 Å². The molecule has 196 valence electrons. The highest BCUT2D eigenvalue weighted by molar-refractivity contribution is 6.39. The fourth-order valence-corrected chi connectivity index (χ4v) is 8.15. The van der Waals surface area contributed by atoms with E-state index in [9.17, 15) is 19.5 Å². The highest BCUT2D eigenvalue weighted by Crippen LogP contribution is 2.60. The van der Waals surface area contributed by atoms with Crippen LogP contribution in [0.15, 0.2) is 12.3 Å². The summed E-state index contributed by atoms with van der Waals surface area (Å²) in [5.74, 6) is 0.638. The van der Waals surface area contributed by atoms with Crippen LogP contribution in [0.1, 0.15) is 56.6 Å². The first-order chi connectivity index (χ1) is 17.8. The number of nitrogens with one attached hydrogen (secondary N) is 3. The van der Waals surface area contributed by atoms with E-state index < -0.39 is 17.4 Å². The number of nitrogens with two attached hydrogens (primary N) is 1. The third-order valence-electron chi connectivity index (χ3n) is 9.54. The lowest BCUT2D eigenvalue weighted by atomic mass is 9.52. The average molecular weight is 508 g/mol. The van der Waals surface area contributed by atoms with Gasteiger partial charge in [-0.05, 0) is 68.8 Å². The zero-order valence-electron chi connectivity index (χ0n) is 20.7. The molecule has 4 saturated carbocycles. The maximum Gasteiger partial charge on any atom is 0.315 e. The first kappa shape index (κ1) is 22.8. The molecule has 2 aliphatic heterocycles. The minimum absolute atomic E-state index is 0.153. The highest BCUT2D eigenvalue weighted by Gasteiger charge is 2.56. The van der Waals surface area contributed by atoms with Crippen LogP contribution in [0.2, 0.25) is 0 Å². The van der Waals surface area contributed by atoms with Crippen molar-refractivity contribution < 1.29 is 19.5 Å². The first-order valence-corrected chi connectivity index (χ1v) is 13.4. The molecule has 11 nitrogen and oxygen atoms in total. The lowest BCUT2D eigenvalue weighted by Crippen LogP contribution is -2.55. The Kier molecular flexibility index (Phi) is 4.98. The minimum Gasteiger partial charge on any atom is -0.390 e. The van der Waals surface area contributed by atoms with Crippen molar-refractivity contribution in [2.45, 2.75) is 63.1 Å². The Hall–Kier alpha value is -3.34. The van der Waals surface area contributed by atoms with Crippen LogP contribution in [-0.2, 0) is 20.9 Å².